The Morgan fingerprint density at radius 1 is 1.38 bits per heavy atom. The molecule has 0 radical (unpaired) electrons. The second-order valence-corrected chi connectivity index (χ2v) is 4.70. The molecule has 1 heterocycles. The predicted octanol–water partition coefficient (Wildman–Crippen LogP) is 1.02. The predicted molar refractivity (Wildman–Crippen MR) is 83.5 cm³/mol. The number of ether oxygens (including phenoxy) is 1. The van der Waals surface area contributed by atoms with E-state index < -0.39 is 0 Å². The van der Waals surface area contributed by atoms with Gasteiger partial charge in [-0.1, -0.05) is 6.92 Å². The van der Waals surface area contributed by atoms with E-state index in [2.05, 4.69) is 20.6 Å². The van der Waals surface area contributed by atoms with Crippen molar-refractivity contribution in [1.82, 2.24) is 15.3 Å². The summed E-state index contributed by atoms with van der Waals surface area (Å²) in [6, 6.07) is 1.83. The van der Waals surface area contributed by atoms with E-state index in [0.717, 1.165) is 18.8 Å². The van der Waals surface area contributed by atoms with Gasteiger partial charge in [0.05, 0.1) is 6.54 Å². The van der Waals surface area contributed by atoms with E-state index in [-0.39, 0.29) is 12.5 Å². The highest BCUT2D eigenvalue weighted by atomic mass is 16.5. The number of carbonyl (C=O) groups is 1. The van der Waals surface area contributed by atoms with Crippen LogP contribution in [0.25, 0.3) is 0 Å². The van der Waals surface area contributed by atoms with Crippen LogP contribution in [-0.4, -0.2) is 49.7 Å². The number of hydrogen-bond donors (Lipinski definition) is 2. The fourth-order valence-corrected chi connectivity index (χ4v) is 1.76. The van der Waals surface area contributed by atoms with Gasteiger partial charge in [0.1, 0.15) is 18.2 Å². The summed E-state index contributed by atoms with van der Waals surface area (Å²) >= 11 is 0. The molecule has 0 aliphatic heterocycles. The Balaban J connectivity index is 2.81. The molecule has 0 aliphatic carbocycles. The summed E-state index contributed by atoms with van der Waals surface area (Å²) < 4.78 is 5.08. The number of nitrogens with zero attached hydrogens (tertiary/aromatic N) is 3. The Labute approximate surface area is 126 Å². The summed E-state index contributed by atoms with van der Waals surface area (Å²) in [5.41, 5.74) is 0. The molecule has 0 fully saturated rings. The van der Waals surface area contributed by atoms with Gasteiger partial charge >= 0.3 is 0 Å². The van der Waals surface area contributed by atoms with Crippen molar-refractivity contribution >= 4 is 17.5 Å². The average molecular weight is 295 g/mol. The van der Waals surface area contributed by atoms with E-state index in [0.29, 0.717) is 24.8 Å². The second kappa shape index (κ2) is 9.12. The van der Waals surface area contributed by atoms with Crippen molar-refractivity contribution in [3.05, 3.63) is 11.9 Å². The topological polar surface area (TPSA) is 79.4 Å². The van der Waals surface area contributed by atoms with Gasteiger partial charge in [0.15, 0.2) is 5.82 Å². The lowest BCUT2D eigenvalue weighted by molar-refractivity contribution is -0.119. The van der Waals surface area contributed by atoms with Crippen molar-refractivity contribution in [1.29, 1.82) is 0 Å². The molecule has 7 heteroatoms. The minimum atomic E-state index is -0.0174. The minimum absolute atomic E-state index is 0.0174. The maximum atomic E-state index is 11.8. The number of nitrogens with one attached hydrogen (secondary N) is 2. The Morgan fingerprint density at radius 3 is 2.76 bits per heavy atom. The molecule has 21 heavy (non-hydrogen) atoms. The molecular weight excluding hydrogens is 270 g/mol. The number of anilines is 2. The molecule has 7 nitrogen and oxygen atoms in total. The van der Waals surface area contributed by atoms with E-state index in [1.54, 1.807) is 12.0 Å². The van der Waals surface area contributed by atoms with Gasteiger partial charge in [-0.15, -0.1) is 0 Å². The molecule has 0 saturated heterocycles. The zero-order valence-electron chi connectivity index (χ0n) is 13.3. The van der Waals surface area contributed by atoms with Crippen LogP contribution in [0.4, 0.5) is 11.6 Å². The van der Waals surface area contributed by atoms with Crippen LogP contribution in [0.2, 0.25) is 0 Å². The first kappa shape index (κ1) is 17.2. The Bertz CT molecular complexity index is 429. The molecule has 1 aromatic rings. The maximum Gasteiger partial charge on any atom is 0.239 e. The first-order chi connectivity index (χ1) is 10.1. The highest BCUT2D eigenvalue weighted by Gasteiger charge is 2.11. The molecule has 1 rings (SSSR count). The SMILES string of the molecule is CCCNC(=O)CN(C)c1cc(NCC)nc(COC)n1. The van der Waals surface area contributed by atoms with Crippen LogP contribution in [0, 0.1) is 0 Å². The number of hydrogen-bond acceptors (Lipinski definition) is 6. The van der Waals surface area contributed by atoms with Crippen LogP contribution in [0.5, 0.6) is 0 Å². The third-order valence-corrected chi connectivity index (χ3v) is 2.73. The van der Waals surface area contributed by atoms with Gasteiger partial charge in [-0.3, -0.25) is 4.79 Å². The Hall–Kier alpha value is -1.89. The highest BCUT2D eigenvalue weighted by Crippen LogP contribution is 2.15. The number of carbonyl (C=O) groups excluding carboxylic acids is 1. The van der Waals surface area contributed by atoms with Gasteiger partial charge in [-0.05, 0) is 13.3 Å². The van der Waals surface area contributed by atoms with Crippen molar-refractivity contribution in [2.75, 3.05) is 44.0 Å². The average Bonchev–Trinajstić information content (AvgIpc) is 2.45. The summed E-state index contributed by atoms with van der Waals surface area (Å²) in [5, 5.41) is 6.00. The third kappa shape index (κ3) is 5.95. The van der Waals surface area contributed by atoms with Crippen molar-refractivity contribution in [3.8, 4) is 0 Å². The summed E-state index contributed by atoms with van der Waals surface area (Å²) in [7, 11) is 3.44. The maximum absolute atomic E-state index is 11.8. The van der Waals surface area contributed by atoms with Gasteiger partial charge in [-0.2, -0.15) is 0 Å². The summed E-state index contributed by atoms with van der Waals surface area (Å²) in [6.45, 7) is 6.07. The van der Waals surface area contributed by atoms with Gasteiger partial charge in [-0.25, -0.2) is 9.97 Å². The summed E-state index contributed by atoms with van der Waals surface area (Å²) in [5.74, 6) is 2.00. The molecule has 1 aromatic heterocycles. The van der Waals surface area contributed by atoms with Gasteiger partial charge in [0.25, 0.3) is 0 Å². The lowest BCUT2D eigenvalue weighted by Gasteiger charge is -2.19. The van der Waals surface area contributed by atoms with Crippen molar-refractivity contribution in [2.24, 2.45) is 0 Å². The van der Waals surface area contributed by atoms with Gasteiger partial charge in [0.2, 0.25) is 5.91 Å². The zero-order valence-corrected chi connectivity index (χ0v) is 13.3. The third-order valence-electron chi connectivity index (χ3n) is 2.73. The standard InChI is InChI=1S/C14H25N5O2/c1-5-7-16-14(20)9-19(3)13-8-11(15-6-2)17-12(18-13)10-21-4/h8H,5-7,9-10H2,1-4H3,(H,16,20)(H,15,17,18). The van der Waals surface area contributed by atoms with Gasteiger partial charge < -0.3 is 20.3 Å². The van der Waals surface area contributed by atoms with Crippen LogP contribution in [0.15, 0.2) is 6.07 Å². The molecule has 0 saturated carbocycles. The van der Waals surface area contributed by atoms with E-state index in [1.807, 2.05) is 27.0 Å². The first-order valence-corrected chi connectivity index (χ1v) is 7.19. The lowest BCUT2D eigenvalue weighted by Crippen LogP contribution is -2.36. The van der Waals surface area contributed by atoms with E-state index >= 15 is 0 Å². The number of aromatic nitrogens is 2. The molecule has 0 unspecified atom stereocenters. The Morgan fingerprint density at radius 2 is 2.14 bits per heavy atom. The molecule has 2 N–H and O–H groups in total. The zero-order chi connectivity index (χ0) is 15.7. The Kier molecular flexibility index (Phi) is 7.45. The van der Waals surface area contributed by atoms with Gasteiger partial charge in [0, 0.05) is 33.3 Å². The fourth-order valence-electron chi connectivity index (χ4n) is 1.76. The monoisotopic (exact) mass is 295 g/mol. The number of rotatable bonds is 9. The van der Waals surface area contributed by atoms with Crippen LogP contribution in [0.1, 0.15) is 26.1 Å². The van der Waals surface area contributed by atoms with Crippen LogP contribution < -0.4 is 15.5 Å². The lowest BCUT2D eigenvalue weighted by atomic mass is 10.4. The molecule has 0 spiro atoms. The molecule has 0 aromatic carbocycles. The number of methoxy groups -OCH3 is 1. The van der Waals surface area contributed by atoms with Crippen molar-refractivity contribution in [3.63, 3.8) is 0 Å². The normalized spacial score (nSPS) is 10.3. The van der Waals surface area contributed by atoms with Crippen molar-refractivity contribution < 1.29 is 9.53 Å². The van der Waals surface area contributed by atoms with Crippen LogP contribution >= 0.6 is 0 Å². The van der Waals surface area contributed by atoms with E-state index in [9.17, 15) is 4.79 Å². The number of amides is 1. The molecule has 0 aliphatic rings. The van der Waals surface area contributed by atoms with Crippen LogP contribution in [0.3, 0.4) is 0 Å². The second-order valence-electron chi connectivity index (χ2n) is 4.70. The smallest absolute Gasteiger partial charge is 0.239 e. The molecular formula is C14H25N5O2. The van der Waals surface area contributed by atoms with Crippen molar-refractivity contribution in [2.45, 2.75) is 26.9 Å². The molecule has 118 valence electrons. The largest absolute Gasteiger partial charge is 0.377 e. The summed E-state index contributed by atoms with van der Waals surface area (Å²) in [4.78, 5) is 22.3. The first-order valence-electron chi connectivity index (χ1n) is 7.19. The quantitative estimate of drug-likeness (QED) is 0.708. The van der Waals surface area contributed by atoms with E-state index in [1.165, 1.54) is 0 Å². The summed E-state index contributed by atoms with van der Waals surface area (Å²) in [6.07, 6.45) is 0.922. The fraction of sp³-hybridized carbons (Fsp3) is 0.643. The van der Waals surface area contributed by atoms with Crippen LogP contribution in [-0.2, 0) is 16.1 Å². The highest BCUT2D eigenvalue weighted by molar-refractivity contribution is 5.80. The molecule has 0 bridgehead atoms. The molecule has 0 atom stereocenters. The molecule has 1 amide bonds. The number of likely N-dealkylation sites (N-methyl/N-ethyl adjacent to an activating group) is 1. The minimum Gasteiger partial charge on any atom is -0.377 e. The van der Waals surface area contributed by atoms with E-state index in [4.69, 9.17) is 4.74 Å².